The summed E-state index contributed by atoms with van der Waals surface area (Å²) in [4.78, 5) is 28.2. The van der Waals surface area contributed by atoms with E-state index in [-0.39, 0.29) is 23.8 Å². The lowest BCUT2D eigenvalue weighted by molar-refractivity contribution is -0.140. The molecule has 42 heavy (non-hydrogen) atoms. The Labute approximate surface area is 249 Å². The predicted molar refractivity (Wildman–Crippen MR) is 156 cm³/mol. The number of halogens is 4. The highest BCUT2D eigenvalue weighted by molar-refractivity contribution is 7.92. The van der Waals surface area contributed by atoms with E-state index in [0.29, 0.717) is 22.5 Å². The zero-order valence-electron chi connectivity index (χ0n) is 23.4. The maximum Gasteiger partial charge on any atom is 0.417 e. The molecule has 1 N–H and O–H groups in total. The van der Waals surface area contributed by atoms with Crippen LogP contribution >= 0.6 is 11.6 Å². The van der Waals surface area contributed by atoms with Crippen molar-refractivity contribution in [3.05, 3.63) is 95.0 Å². The van der Waals surface area contributed by atoms with Gasteiger partial charge in [0.25, 0.3) is 10.0 Å². The van der Waals surface area contributed by atoms with Crippen molar-refractivity contribution in [1.82, 2.24) is 10.2 Å². The van der Waals surface area contributed by atoms with Crippen LogP contribution in [0.25, 0.3) is 0 Å². The fraction of sp³-hybridized carbons (Fsp3) is 0.333. The minimum Gasteiger partial charge on any atom is -0.354 e. The molecule has 0 spiro atoms. The third kappa shape index (κ3) is 8.25. The Morgan fingerprint density at radius 1 is 0.952 bits per heavy atom. The van der Waals surface area contributed by atoms with Crippen LogP contribution in [-0.4, -0.2) is 44.3 Å². The molecule has 0 aliphatic heterocycles. The standard InChI is InChI=1S/C30H33ClF3N3O4S/c1-4-27(29(39)35-18-21(2)3)36(19-22-11-7-5-8-12-22)28(38)20-37(42(40,41)24-13-9-6-10-14-24)23-15-16-26(31)25(17-23)30(32,33)34/h5-17,21,27H,4,18-20H2,1-3H3,(H,35,39)/t27-/m0/s1. The summed E-state index contributed by atoms with van der Waals surface area (Å²) in [6, 6.07) is 17.6. The Balaban J connectivity index is 2.11. The van der Waals surface area contributed by atoms with Gasteiger partial charge >= 0.3 is 6.18 Å². The highest BCUT2D eigenvalue weighted by Crippen LogP contribution is 2.38. The van der Waals surface area contributed by atoms with Gasteiger partial charge in [-0.2, -0.15) is 13.2 Å². The maximum absolute atomic E-state index is 14.0. The molecule has 0 unspecified atom stereocenters. The topological polar surface area (TPSA) is 86.8 Å². The second-order valence-electron chi connectivity index (χ2n) is 10.1. The van der Waals surface area contributed by atoms with Crippen LogP contribution < -0.4 is 9.62 Å². The van der Waals surface area contributed by atoms with Crippen molar-refractivity contribution in [2.45, 2.75) is 50.9 Å². The quantitative estimate of drug-likeness (QED) is 0.263. The number of carbonyl (C=O) groups excluding carboxylic acids is 2. The number of sulfonamides is 1. The van der Waals surface area contributed by atoms with Gasteiger partial charge in [-0.05, 0) is 48.2 Å². The number of amides is 2. The largest absolute Gasteiger partial charge is 0.417 e. The molecule has 3 rings (SSSR count). The van der Waals surface area contributed by atoms with Gasteiger partial charge < -0.3 is 10.2 Å². The van der Waals surface area contributed by atoms with Crippen molar-refractivity contribution in [1.29, 1.82) is 0 Å². The van der Waals surface area contributed by atoms with Crippen molar-refractivity contribution in [2.24, 2.45) is 5.92 Å². The van der Waals surface area contributed by atoms with Gasteiger partial charge in [0.2, 0.25) is 11.8 Å². The second kappa shape index (κ2) is 14.1. The molecule has 0 heterocycles. The van der Waals surface area contributed by atoms with E-state index in [1.807, 2.05) is 13.8 Å². The number of benzene rings is 3. The van der Waals surface area contributed by atoms with Crippen LogP contribution in [-0.2, 0) is 32.3 Å². The minimum atomic E-state index is -4.87. The van der Waals surface area contributed by atoms with E-state index in [0.717, 1.165) is 12.1 Å². The Hall–Kier alpha value is -3.57. The molecular weight excluding hydrogens is 591 g/mol. The molecule has 0 radical (unpaired) electrons. The summed E-state index contributed by atoms with van der Waals surface area (Å²) >= 11 is 5.80. The molecule has 3 aromatic carbocycles. The van der Waals surface area contributed by atoms with Gasteiger partial charge in [-0.1, -0.05) is 80.9 Å². The van der Waals surface area contributed by atoms with Crippen molar-refractivity contribution in [2.75, 3.05) is 17.4 Å². The smallest absolute Gasteiger partial charge is 0.354 e. The van der Waals surface area contributed by atoms with Gasteiger partial charge in [0, 0.05) is 13.1 Å². The first-order valence-corrected chi connectivity index (χ1v) is 15.1. The monoisotopic (exact) mass is 623 g/mol. The number of alkyl halides is 3. The number of anilines is 1. The first kappa shape index (κ1) is 32.9. The fourth-order valence-corrected chi connectivity index (χ4v) is 5.91. The van der Waals surface area contributed by atoms with Crippen molar-refractivity contribution in [3.8, 4) is 0 Å². The van der Waals surface area contributed by atoms with E-state index in [1.54, 1.807) is 43.3 Å². The van der Waals surface area contributed by atoms with Crippen LogP contribution in [0.3, 0.4) is 0 Å². The molecule has 0 saturated carbocycles. The molecule has 0 aliphatic carbocycles. The van der Waals surface area contributed by atoms with E-state index < -0.39 is 56.9 Å². The Morgan fingerprint density at radius 3 is 2.10 bits per heavy atom. The van der Waals surface area contributed by atoms with E-state index in [4.69, 9.17) is 11.6 Å². The van der Waals surface area contributed by atoms with E-state index in [9.17, 15) is 31.2 Å². The average Bonchev–Trinajstić information content (AvgIpc) is 2.95. The molecule has 0 saturated heterocycles. The molecule has 226 valence electrons. The molecule has 1 atom stereocenters. The Kier molecular flexibility index (Phi) is 11.0. The van der Waals surface area contributed by atoms with Gasteiger partial charge in [0.05, 0.1) is 21.2 Å². The predicted octanol–water partition coefficient (Wildman–Crippen LogP) is 6.13. The second-order valence-corrected chi connectivity index (χ2v) is 12.3. The van der Waals surface area contributed by atoms with Crippen molar-refractivity contribution < 1.29 is 31.2 Å². The fourth-order valence-electron chi connectivity index (χ4n) is 4.26. The molecule has 3 aromatic rings. The van der Waals surface area contributed by atoms with Gasteiger partial charge in [-0.3, -0.25) is 13.9 Å². The number of hydrogen-bond acceptors (Lipinski definition) is 4. The molecule has 12 heteroatoms. The number of nitrogens with one attached hydrogen (secondary N) is 1. The van der Waals surface area contributed by atoms with E-state index in [2.05, 4.69) is 5.32 Å². The van der Waals surface area contributed by atoms with Crippen LogP contribution in [0.4, 0.5) is 18.9 Å². The summed E-state index contributed by atoms with van der Waals surface area (Å²) < 4.78 is 69.5. The maximum atomic E-state index is 14.0. The number of rotatable bonds is 12. The van der Waals surface area contributed by atoms with Gasteiger partial charge in [0.1, 0.15) is 12.6 Å². The zero-order chi connectivity index (χ0) is 31.1. The van der Waals surface area contributed by atoms with Crippen LogP contribution in [0.15, 0.2) is 83.8 Å². The normalized spacial score (nSPS) is 12.6. The summed E-state index contributed by atoms with van der Waals surface area (Å²) in [5.41, 5.74) is -0.965. The third-order valence-electron chi connectivity index (χ3n) is 6.42. The summed E-state index contributed by atoms with van der Waals surface area (Å²) in [7, 11) is -4.53. The summed E-state index contributed by atoms with van der Waals surface area (Å²) in [6.45, 7) is 5.03. The summed E-state index contributed by atoms with van der Waals surface area (Å²) in [5, 5.41) is 2.20. The van der Waals surface area contributed by atoms with Crippen LogP contribution in [0.5, 0.6) is 0 Å². The average molecular weight is 624 g/mol. The van der Waals surface area contributed by atoms with Crippen LogP contribution in [0, 0.1) is 5.92 Å². The molecule has 0 aromatic heterocycles. The first-order chi connectivity index (χ1) is 19.8. The molecule has 7 nitrogen and oxygen atoms in total. The number of nitrogens with zero attached hydrogens (tertiary/aromatic N) is 2. The first-order valence-electron chi connectivity index (χ1n) is 13.3. The lowest BCUT2D eigenvalue weighted by Crippen LogP contribution is -2.52. The van der Waals surface area contributed by atoms with Gasteiger partial charge in [-0.15, -0.1) is 0 Å². The number of carbonyl (C=O) groups is 2. The molecule has 2 amide bonds. The molecular formula is C30H33ClF3N3O4S. The van der Waals surface area contributed by atoms with E-state index in [1.165, 1.54) is 29.2 Å². The minimum absolute atomic E-state index is 0.0269. The molecule has 0 aliphatic rings. The van der Waals surface area contributed by atoms with Crippen LogP contribution in [0.2, 0.25) is 5.02 Å². The van der Waals surface area contributed by atoms with E-state index >= 15 is 0 Å². The highest BCUT2D eigenvalue weighted by Gasteiger charge is 2.37. The third-order valence-corrected chi connectivity index (χ3v) is 8.54. The molecule has 0 fully saturated rings. The SMILES string of the molecule is CC[C@@H](C(=O)NCC(C)C)N(Cc1ccccc1)C(=O)CN(c1ccc(Cl)c(C(F)(F)F)c1)S(=O)(=O)c1ccccc1. The van der Waals surface area contributed by atoms with Crippen LogP contribution in [0.1, 0.15) is 38.3 Å². The molecule has 0 bridgehead atoms. The highest BCUT2D eigenvalue weighted by atomic mass is 35.5. The van der Waals surface area contributed by atoms with Crippen molar-refractivity contribution >= 4 is 39.1 Å². The zero-order valence-corrected chi connectivity index (χ0v) is 25.0. The van der Waals surface area contributed by atoms with Gasteiger partial charge in [0.15, 0.2) is 0 Å². The van der Waals surface area contributed by atoms with Crippen molar-refractivity contribution in [3.63, 3.8) is 0 Å². The Morgan fingerprint density at radius 2 is 1.55 bits per heavy atom. The van der Waals surface area contributed by atoms with Gasteiger partial charge in [-0.25, -0.2) is 8.42 Å². The summed E-state index contributed by atoms with van der Waals surface area (Å²) in [5.74, 6) is -1.05. The lowest BCUT2D eigenvalue weighted by atomic mass is 10.1. The number of hydrogen-bond donors (Lipinski definition) is 1. The Bertz CT molecular complexity index is 1470. The summed E-state index contributed by atoms with van der Waals surface area (Å²) in [6.07, 6.45) is -4.66. The lowest BCUT2D eigenvalue weighted by Gasteiger charge is -2.33.